The standard InChI is InChI=1S/C13H15BrN2O/c1-10(7-8-15)16(2)9-13(17)11-5-3-4-6-12(11)14/h3-6,10H,7,9H2,1-2H3. The van der Waals surface area contributed by atoms with Gasteiger partial charge in [0.25, 0.3) is 0 Å². The summed E-state index contributed by atoms with van der Waals surface area (Å²) >= 11 is 3.36. The summed E-state index contributed by atoms with van der Waals surface area (Å²) in [5, 5.41) is 8.61. The molecule has 0 saturated heterocycles. The lowest BCUT2D eigenvalue weighted by Crippen LogP contribution is -2.33. The van der Waals surface area contributed by atoms with Gasteiger partial charge < -0.3 is 0 Å². The molecule has 90 valence electrons. The van der Waals surface area contributed by atoms with Crippen LogP contribution in [-0.2, 0) is 0 Å². The number of halogens is 1. The lowest BCUT2D eigenvalue weighted by Gasteiger charge is -2.21. The largest absolute Gasteiger partial charge is 0.295 e. The van der Waals surface area contributed by atoms with Crippen LogP contribution in [0.5, 0.6) is 0 Å². The molecule has 1 atom stereocenters. The SMILES string of the molecule is CC(CC#N)N(C)CC(=O)c1ccccc1Br. The third-order valence-corrected chi connectivity index (χ3v) is 3.40. The highest BCUT2D eigenvalue weighted by molar-refractivity contribution is 9.10. The smallest absolute Gasteiger partial charge is 0.177 e. The summed E-state index contributed by atoms with van der Waals surface area (Å²) in [7, 11) is 1.86. The van der Waals surface area contributed by atoms with Crippen molar-refractivity contribution in [2.75, 3.05) is 13.6 Å². The Balaban J connectivity index is 2.68. The van der Waals surface area contributed by atoms with Gasteiger partial charge in [0.05, 0.1) is 19.0 Å². The number of ketones is 1. The second-order valence-corrected chi connectivity index (χ2v) is 4.88. The first-order valence-electron chi connectivity index (χ1n) is 5.41. The highest BCUT2D eigenvalue weighted by Gasteiger charge is 2.15. The van der Waals surface area contributed by atoms with Crippen LogP contribution in [0.1, 0.15) is 23.7 Å². The fourth-order valence-corrected chi connectivity index (χ4v) is 1.95. The molecule has 0 heterocycles. The van der Waals surface area contributed by atoms with Gasteiger partial charge >= 0.3 is 0 Å². The number of nitrogens with zero attached hydrogens (tertiary/aromatic N) is 2. The zero-order chi connectivity index (χ0) is 12.8. The minimum atomic E-state index is 0.0600. The molecule has 0 fully saturated rings. The van der Waals surface area contributed by atoms with Gasteiger partial charge in [-0.05, 0) is 20.0 Å². The van der Waals surface area contributed by atoms with E-state index in [0.717, 1.165) is 4.47 Å². The molecule has 0 radical (unpaired) electrons. The van der Waals surface area contributed by atoms with Crippen molar-refractivity contribution in [1.82, 2.24) is 4.90 Å². The van der Waals surface area contributed by atoms with E-state index in [2.05, 4.69) is 22.0 Å². The molecule has 1 rings (SSSR count). The van der Waals surface area contributed by atoms with E-state index in [9.17, 15) is 4.79 Å². The molecule has 17 heavy (non-hydrogen) atoms. The van der Waals surface area contributed by atoms with Crippen molar-refractivity contribution >= 4 is 21.7 Å². The van der Waals surface area contributed by atoms with Crippen LogP contribution in [0.25, 0.3) is 0 Å². The van der Waals surface area contributed by atoms with Crippen molar-refractivity contribution in [3.05, 3.63) is 34.3 Å². The first-order chi connectivity index (χ1) is 8.06. The van der Waals surface area contributed by atoms with Gasteiger partial charge in [-0.15, -0.1) is 0 Å². The number of benzene rings is 1. The predicted molar refractivity (Wildman–Crippen MR) is 70.8 cm³/mol. The maximum absolute atomic E-state index is 12.0. The molecular formula is C13H15BrN2O. The fourth-order valence-electron chi connectivity index (χ4n) is 1.44. The molecule has 4 heteroatoms. The molecule has 0 aliphatic carbocycles. The third-order valence-electron chi connectivity index (χ3n) is 2.71. The molecule has 0 spiro atoms. The summed E-state index contributed by atoms with van der Waals surface area (Å²) in [6.45, 7) is 2.27. The average Bonchev–Trinajstić information content (AvgIpc) is 2.29. The second-order valence-electron chi connectivity index (χ2n) is 4.03. The van der Waals surface area contributed by atoms with Gasteiger partial charge in [0.1, 0.15) is 0 Å². The number of carbonyl (C=O) groups is 1. The number of carbonyl (C=O) groups excluding carboxylic acids is 1. The van der Waals surface area contributed by atoms with Gasteiger partial charge in [0.15, 0.2) is 5.78 Å². The van der Waals surface area contributed by atoms with E-state index in [1.54, 1.807) is 6.07 Å². The van der Waals surface area contributed by atoms with Gasteiger partial charge in [-0.25, -0.2) is 0 Å². The van der Waals surface area contributed by atoms with Crippen LogP contribution in [0.15, 0.2) is 28.7 Å². The number of Topliss-reactive ketones (excluding diaryl/α,β-unsaturated/α-hetero) is 1. The Labute approximate surface area is 110 Å². The Kier molecular flexibility index (Phi) is 5.33. The lowest BCUT2D eigenvalue weighted by molar-refractivity contribution is 0.0925. The second kappa shape index (κ2) is 6.53. The van der Waals surface area contributed by atoms with E-state index < -0.39 is 0 Å². The van der Waals surface area contributed by atoms with E-state index in [1.807, 2.05) is 37.1 Å². The van der Waals surface area contributed by atoms with E-state index in [-0.39, 0.29) is 11.8 Å². The topological polar surface area (TPSA) is 44.1 Å². The van der Waals surface area contributed by atoms with Crippen LogP contribution >= 0.6 is 15.9 Å². The summed E-state index contributed by atoms with van der Waals surface area (Å²) in [6.07, 6.45) is 0.430. The number of hydrogen-bond acceptors (Lipinski definition) is 3. The van der Waals surface area contributed by atoms with Crippen molar-refractivity contribution in [1.29, 1.82) is 5.26 Å². The van der Waals surface area contributed by atoms with Gasteiger partial charge in [0.2, 0.25) is 0 Å². The van der Waals surface area contributed by atoms with Crippen LogP contribution in [-0.4, -0.2) is 30.3 Å². The van der Waals surface area contributed by atoms with E-state index in [4.69, 9.17) is 5.26 Å². The van der Waals surface area contributed by atoms with Crippen molar-refractivity contribution in [3.63, 3.8) is 0 Å². The number of likely N-dealkylation sites (N-methyl/N-ethyl adjacent to an activating group) is 1. The van der Waals surface area contributed by atoms with Crippen LogP contribution in [0.2, 0.25) is 0 Å². The molecule has 0 aromatic heterocycles. The van der Waals surface area contributed by atoms with Crippen LogP contribution in [0.4, 0.5) is 0 Å². The van der Waals surface area contributed by atoms with Crippen molar-refractivity contribution in [2.24, 2.45) is 0 Å². The molecule has 0 saturated carbocycles. The molecule has 0 aliphatic rings. The molecular weight excluding hydrogens is 280 g/mol. The summed E-state index contributed by atoms with van der Waals surface area (Å²) < 4.78 is 0.811. The number of rotatable bonds is 5. The Morgan fingerprint density at radius 3 is 2.76 bits per heavy atom. The Bertz CT molecular complexity index is 439. The average molecular weight is 295 g/mol. The summed E-state index contributed by atoms with van der Waals surface area (Å²) in [6, 6.07) is 9.58. The third kappa shape index (κ3) is 3.95. The van der Waals surface area contributed by atoms with E-state index in [0.29, 0.717) is 18.5 Å². The molecule has 3 nitrogen and oxygen atoms in total. The monoisotopic (exact) mass is 294 g/mol. The quantitative estimate of drug-likeness (QED) is 0.785. The summed E-state index contributed by atoms with van der Waals surface area (Å²) in [4.78, 5) is 13.9. The highest BCUT2D eigenvalue weighted by atomic mass is 79.9. The summed E-state index contributed by atoms with van der Waals surface area (Å²) in [5.74, 6) is 0.0600. The van der Waals surface area contributed by atoms with Gasteiger partial charge in [0, 0.05) is 16.1 Å². The van der Waals surface area contributed by atoms with Crippen molar-refractivity contribution < 1.29 is 4.79 Å². The van der Waals surface area contributed by atoms with Crippen molar-refractivity contribution in [2.45, 2.75) is 19.4 Å². The minimum absolute atomic E-state index is 0.0600. The van der Waals surface area contributed by atoms with Crippen molar-refractivity contribution in [3.8, 4) is 6.07 Å². The molecule has 0 amide bonds. The minimum Gasteiger partial charge on any atom is -0.295 e. The van der Waals surface area contributed by atoms with E-state index in [1.165, 1.54) is 0 Å². The summed E-state index contributed by atoms with van der Waals surface area (Å²) in [5.41, 5.74) is 0.684. The number of nitriles is 1. The van der Waals surface area contributed by atoms with Gasteiger partial charge in [-0.2, -0.15) is 5.26 Å². The zero-order valence-corrected chi connectivity index (χ0v) is 11.6. The highest BCUT2D eigenvalue weighted by Crippen LogP contribution is 2.17. The maximum Gasteiger partial charge on any atom is 0.177 e. The molecule has 0 bridgehead atoms. The normalized spacial score (nSPS) is 12.2. The van der Waals surface area contributed by atoms with Crippen LogP contribution in [0, 0.1) is 11.3 Å². The fraction of sp³-hybridized carbons (Fsp3) is 0.385. The first kappa shape index (κ1) is 13.9. The van der Waals surface area contributed by atoms with Crippen LogP contribution in [0.3, 0.4) is 0 Å². The molecule has 0 N–H and O–H groups in total. The van der Waals surface area contributed by atoms with Gasteiger partial charge in [-0.1, -0.05) is 34.1 Å². The van der Waals surface area contributed by atoms with Gasteiger partial charge in [-0.3, -0.25) is 9.69 Å². The molecule has 0 aliphatic heterocycles. The van der Waals surface area contributed by atoms with E-state index >= 15 is 0 Å². The lowest BCUT2D eigenvalue weighted by atomic mass is 10.1. The Morgan fingerprint density at radius 1 is 1.53 bits per heavy atom. The predicted octanol–water partition coefficient (Wildman–Crippen LogP) is 2.87. The zero-order valence-electron chi connectivity index (χ0n) is 9.98. The Hall–Kier alpha value is -1.18. The first-order valence-corrected chi connectivity index (χ1v) is 6.20. The molecule has 1 unspecified atom stereocenters. The number of hydrogen-bond donors (Lipinski definition) is 0. The van der Waals surface area contributed by atoms with Crippen LogP contribution < -0.4 is 0 Å². The maximum atomic E-state index is 12.0. The Morgan fingerprint density at radius 2 is 2.18 bits per heavy atom. The molecule has 1 aromatic rings. The molecule has 1 aromatic carbocycles.